The van der Waals surface area contributed by atoms with Crippen molar-refractivity contribution in [1.29, 1.82) is 0 Å². The molecule has 6 nitrogen and oxygen atoms in total. The number of guanidine groups is 1. The summed E-state index contributed by atoms with van der Waals surface area (Å²) in [6, 6.07) is 8.38. The first-order chi connectivity index (χ1) is 12.4. The SMILES string of the molecule is CCC(=O)N1CCC(NC(=NC)NCC(c2ccc(Cl)cc2)N(C)C)C1. The Hall–Kier alpha value is -1.79. The highest BCUT2D eigenvalue weighted by atomic mass is 35.5. The van der Waals surface area contributed by atoms with Gasteiger partial charge in [0, 0.05) is 44.2 Å². The lowest BCUT2D eigenvalue weighted by Gasteiger charge is -2.27. The van der Waals surface area contributed by atoms with Crippen LogP contribution in [0.25, 0.3) is 0 Å². The van der Waals surface area contributed by atoms with E-state index in [9.17, 15) is 4.79 Å². The Morgan fingerprint density at radius 3 is 2.65 bits per heavy atom. The van der Waals surface area contributed by atoms with Gasteiger partial charge in [-0.2, -0.15) is 0 Å². The van der Waals surface area contributed by atoms with Crippen LogP contribution in [0.15, 0.2) is 29.3 Å². The lowest BCUT2D eigenvalue weighted by atomic mass is 10.1. The van der Waals surface area contributed by atoms with Crippen molar-refractivity contribution in [2.24, 2.45) is 4.99 Å². The molecule has 0 saturated carbocycles. The first-order valence-corrected chi connectivity index (χ1v) is 9.49. The second-order valence-corrected chi connectivity index (χ2v) is 7.24. The smallest absolute Gasteiger partial charge is 0.222 e. The van der Waals surface area contributed by atoms with Crippen LogP contribution in [0, 0.1) is 0 Å². The van der Waals surface area contributed by atoms with Crippen molar-refractivity contribution in [3.8, 4) is 0 Å². The summed E-state index contributed by atoms with van der Waals surface area (Å²) in [7, 11) is 5.89. The molecule has 1 heterocycles. The Balaban J connectivity index is 1.91. The van der Waals surface area contributed by atoms with E-state index in [1.807, 2.05) is 24.0 Å². The molecule has 2 rings (SSSR count). The van der Waals surface area contributed by atoms with E-state index in [2.05, 4.69) is 46.8 Å². The van der Waals surface area contributed by atoms with Crippen molar-refractivity contribution in [3.63, 3.8) is 0 Å². The first-order valence-electron chi connectivity index (χ1n) is 9.11. The number of halogens is 1. The molecule has 2 N–H and O–H groups in total. The van der Waals surface area contributed by atoms with Crippen molar-refractivity contribution in [1.82, 2.24) is 20.4 Å². The summed E-state index contributed by atoms with van der Waals surface area (Å²) >= 11 is 6.00. The zero-order valence-corrected chi connectivity index (χ0v) is 16.9. The summed E-state index contributed by atoms with van der Waals surface area (Å²) in [6.45, 7) is 4.18. The van der Waals surface area contributed by atoms with Gasteiger partial charge in [-0.25, -0.2) is 0 Å². The third-order valence-electron chi connectivity index (χ3n) is 4.75. The third-order valence-corrected chi connectivity index (χ3v) is 5.00. The Kier molecular flexibility index (Phi) is 7.72. The molecule has 7 heteroatoms. The van der Waals surface area contributed by atoms with Crippen LogP contribution in [-0.2, 0) is 4.79 Å². The number of amides is 1. The van der Waals surface area contributed by atoms with Gasteiger partial charge in [0.1, 0.15) is 0 Å². The van der Waals surface area contributed by atoms with E-state index in [1.165, 1.54) is 5.56 Å². The quantitative estimate of drug-likeness (QED) is 0.587. The molecule has 144 valence electrons. The summed E-state index contributed by atoms with van der Waals surface area (Å²) in [5.74, 6) is 0.981. The molecule has 1 aliphatic heterocycles. The van der Waals surface area contributed by atoms with Gasteiger partial charge in [-0.3, -0.25) is 9.79 Å². The number of nitrogens with one attached hydrogen (secondary N) is 2. The minimum atomic E-state index is 0.201. The maximum atomic E-state index is 11.8. The number of benzene rings is 1. The number of carbonyl (C=O) groups is 1. The largest absolute Gasteiger partial charge is 0.354 e. The minimum Gasteiger partial charge on any atom is -0.354 e. The van der Waals surface area contributed by atoms with E-state index in [4.69, 9.17) is 11.6 Å². The van der Waals surface area contributed by atoms with Crippen LogP contribution < -0.4 is 10.6 Å². The number of aliphatic imine (C=N–C) groups is 1. The van der Waals surface area contributed by atoms with Crippen LogP contribution in [0.1, 0.15) is 31.4 Å². The van der Waals surface area contributed by atoms with Crippen LogP contribution in [-0.4, -0.2) is 68.5 Å². The van der Waals surface area contributed by atoms with Gasteiger partial charge in [-0.1, -0.05) is 30.7 Å². The van der Waals surface area contributed by atoms with Gasteiger partial charge in [0.25, 0.3) is 0 Å². The highest BCUT2D eigenvalue weighted by Gasteiger charge is 2.26. The maximum absolute atomic E-state index is 11.8. The number of carbonyl (C=O) groups excluding carboxylic acids is 1. The molecule has 2 atom stereocenters. The van der Waals surface area contributed by atoms with Gasteiger partial charge in [0.05, 0.1) is 6.04 Å². The van der Waals surface area contributed by atoms with Crippen molar-refractivity contribution >= 4 is 23.5 Å². The predicted molar refractivity (Wildman–Crippen MR) is 108 cm³/mol. The zero-order valence-electron chi connectivity index (χ0n) is 16.1. The molecule has 1 aliphatic rings. The second kappa shape index (κ2) is 9.78. The van der Waals surface area contributed by atoms with Gasteiger partial charge < -0.3 is 20.4 Å². The van der Waals surface area contributed by atoms with Crippen LogP contribution in [0.5, 0.6) is 0 Å². The highest BCUT2D eigenvalue weighted by molar-refractivity contribution is 6.30. The number of likely N-dealkylation sites (N-methyl/N-ethyl adjacent to an activating group) is 1. The molecule has 2 unspecified atom stereocenters. The van der Waals surface area contributed by atoms with Gasteiger partial charge in [-0.15, -0.1) is 0 Å². The standard InChI is InChI=1S/C19H30ClN5O/c1-5-18(26)25-11-10-16(13-25)23-19(21-2)22-12-17(24(3)4)14-6-8-15(20)9-7-14/h6-9,16-17H,5,10-13H2,1-4H3,(H2,21,22,23). The molecule has 1 fully saturated rings. The number of nitrogens with zero attached hydrogens (tertiary/aromatic N) is 3. The molecule has 26 heavy (non-hydrogen) atoms. The topological polar surface area (TPSA) is 60.0 Å². The monoisotopic (exact) mass is 379 g/mol. The molecule has 1 saturated heterocycles. The molecule has 1 amide bonds. The van der Waals surface area contributed by atoms with E-state index in [1.54, 1.807) is 7.05 Å². The van der Waals surface area contributed by atoms with Crippen LogP contribution in [0.3, 0.4) is 0 Å². The summed E-state index contributed by atoms with van der Waals surface area (Å²) < 4.78 is 0. The molecular weight excluding hydrogens is 350 g/mol. The van der Waals surface area contributed by atoms with Gasteiger partial charge in [0.15, 0.2) is 5.96 Å². The fraction of sp³-hybridized carbons (Fsp3) is 0.579. The molecule has 0 aliphatic carbocycles. The van der Waals surface area contributed by atoms with Crippen molar-refractivity contribution in [2.45, 2.75) is 31.8 Å². The van der Waals surface area contributed by atoms with Crippen molar-refractivity contribution in [3.05, 3.63) is 34.9 Å². The molecule has 1 aromatic carbocycles. The molecule has 0 spiro atoms. The molecular formula is C19H30ClN5O. The van der Waals surface area contributed by atoms with E-state index in [-0.39, 0.29) is 18.0 Å². The first kappa shape index (κ1) is 20.5. The third kappa shape index (κ3) is 5.61. The normalized spacial score (nSPS) is 18.9. The molecule has 0 aromatic heterocycles. The summed E-state index contributed by atoms with van der Waals surface area (Å²) in [4.78, 5) is 20.2. The van der Waals surface area contributed by atoms with Gasteiger partial charge in [0.2, 0.25) is 5.91 Å². The average molecular weight is 380 g/mol. The van der Waals surface area contributed by atoms with E-state index in [0.29, 0.717) is 6.42 Å². The summed E-state index contributed by atoms with van der Waals surface area (Å²) in [5, 5.41) is 7.58. The van der Waals surface area contributed by atoms with Crippen LogP contribution in [0.2, 0.25) is 5.02 Å². The number of likely N-dealkylation sites (tertiary alicyclic amines) is 1. The zero-order chi connectivity index (χ0) is 19.1. The minimum absolute atomic E-state index is 0.201. The summed E-state index contributed by atoms with van der Waals surface area (Å²) in [6.07, 6.45) is 1.51. The molecule has 1 aromatic rings. The van der Waals surface area contributed by atoms with E-state index >= 15 is 0 Å². The van der Waals surface area contributed by atoms with E-state index in [0.717, 1.165) is 37.0 Å². The maximum Gasteiger partial charge on any atom is 0.222 e. The van der Waals surface area contributed by atoms with E-state index < -0.39 is 0 Å². The fourth-order valence-corrected chi connectivity index (χ4v) is 3.32. The van der Waals surface area contributed by atoms with Crippen molar-refractivity contribution in [2.75, 3.05) is 40.8 Å². The Labute approximate surface area is 161 Å². The highest BCUT2D eigenvalue weighted by Crippen LogP contribution is 2.19. The Morgan fingerprint density at radius 2 is 2.08 bits per heavy atom. The lowest BCUT2D eigenvalue weighted by Crippen LogP contribution is -2.47. The lowest BCUT2D eigenvalue weighted by molar-refractivity contribution is -0.129. The van der Waals surface area contributed by atoms with Gasteiger partial charge >= 0.3 is 0 Å². The Bertz CT molecular complexity index is 617. The average Bonchev–Trinajstić information content (AvgIpc) is 3.10. The molecule has 0 radical (unpaired) electrons. The van der Waals surface area contributed by atoms with Gasteiger partial charge in [-0.05, 0) is 38.2 Å². The summed E-state index contributed by atoms with van der Waals surface area (Å²) in [5.41, 5.74) is 1.20. The fourth-order valence-electron chi connectivity index (χ4n) is 3.19. The number of hydrogen-bond acceptors (Lipinski definition) is 3. The van der Waals surface area contributed by atoms with Crippen LogP contribution in [0.4, 0.5) is 0 Å². The Morgan fingerprint density at radius 1 is 1.38 bits per heavy atom. The predicted octanol–water partition coefficient (Wildman–Crippen LogP) is 2.12. The molecule has 0 bridgehead atoms. The van der Waals surface area contributed by atoms with Crippen LogP contribution >= 0.6 is 11.6 Å². The number of rotatable bonds is 6. The number of hydrogen-bond donors (Lipinski definition) is 2. The van der Waals surface area contributed by atoms with Crippen molar-refractivity contribution < 1.29 is 4.79 Å². The second-order valence-electron chi connectivity index (χ2n) is 6.81.